The second kappa shape index (κ2) is 16.5. The van der Waals surface area contributed by atoms with E-state index in [1.165, 1.54) is 5.56 Å². The molecule has 2 rings (SSSR count). The lowest BCUT2D eigenvalue weighted by molar-refractivity contribution is 0.269. The summed E-state index contributed by atoms with van der Waals surface area (Å²) < 4.78 is 11.8. The van der Waals surface area contributed by atoms with Crippen LogP contribution in [0, 0.1) is 0 Å². The largest absolute Gasteiger partial charge is 0.490 e. The van der Waals surface area contributed by atoms with Crippen LogP contribution in [0.2, 0.25) is 5.02 Å². The van der Waals surface area contributed by atoms with Gasteiger partial charge in [0.25, 0.3) is 0 Å². The molecule has 0 aliphatic carbocycles. The van der Waals surface area contributed by atoms with Gasteiger partial charge in [0, 0.05) is 11.6 Å². The highest BCUT2D eigenvalue weighted by atomic mass is 35.5. The van der Waals surface area contributed by atoms with Gasteiger partial charge >= 0.3 is 0 Å². The highest BCUT2D eigenvalue weighted by molar-refractivity contribution is 6.30. The molecule has 2 aromatic carbocycles. The van der Waals surface area contributed by atoms with Crippen LogP contribution in [-0.4, -0.2) is 37.7 Å². The summed E-state index contributed by atoms with van der Waals surface area (Å²) in [5.41, 5.74) is 2.27. The summed E-state index contributed by atoms with van der Waals surface area (Å²) in [6, 6.07) is 13.8. The lowest BCUT2D eigenvalue weighted by Gasteiger charge is -2.18. The lowest BCUT2D eigenvalue weighted by atomic mass is 10.2. The van der Waals surface area contributed by atoms with Gasteiger partial charge in [-0.3, -0.25) is 0 Å². The molecule has 30 heavy (non-hydrogen) atoms. The molecular formula is C23H35Cl3N2O2. The van der Waals surface area contributed by atoms with E-state index < -0.39 is 0 Å². The van der Waals surface area contributed by atoms with E-state index in [4.69, 9.17) is 21.1 Å². The third kappa shape index (κ3) is 10.2. The van der Waals surface area contributed by atoms with Gasteiger partial charge in [-0.05, 0) is 74.9 Å². The fourth-order valence-electron chi connectivity index (χ4n) is 2.99. The van der Waals surface area contributed by atoms with Crippen molar-refractivity contribution in [1.29, 1.82) is 0 Å². The molecule has 7 heteroatoms. The Bertz CT molecular complexity index is 695. The predicted molar refractivity (Wildman–Crippen MR) is 132 cm³/mol. The molecule has 0 saturated heterocycles. The second-order valence-electron chi connectivity index (χ2n) is 6.69. The summed E-state index contributed by atoms with van der Waals surface area (Å²) in [6.07, 6.45) is 1.16. The van der Waals surface area contributed by atoms with Crippen molar-refractivity contribution in [2.75, 3.05) is 32.8 Å². The topological polar surface area (TPSA) is 33.7 Å². The summed E-state index contributed by atoms with van der Waals surface area (Å²) in [6.45, 7) is 12.7. The van der Waals surface area contributed by atoms with E-state index in [0.29, 0.717) is 13.2 Å². The Labute approximate surface area is 199 Å². The van der Waals surface area contributed by atoms with E-state index in [-0.39, 0.29) is 24.8 Å². The van der Waals surface area contributed by atoms with Crippen LogP contribution >= 0.6 is 36.4 Å². The van der Waals surface area contributed by atoms with Crippen LogP contribution in [0.15, 0.2) is 42.5 Å². The summed E-state index contributed by atoms with van der Waals surface area (Å²) >= 11 is 5.94. The van der Waals surface area contributed by atoms with Crippen molar-refractivity contribution in [1.82, 2.24) is 10.2 Å². The van der Waals surface area contributed by atoms with Gasteiger partial charge in [0.2, 0.25) is 0 Å². The zero-order valence-corrected chi connectivity index (χ0v) is 20.5. The van der Waals surface area contributed by atoms with E-state index >= 15 is 0 Å². The Morgan fingerprint density at radius 1 is 0.867 bits per heavy atom. The molecule has 2 aromatic rings. The second-order valence-corrected chi connectivity index (χ2v) is 7.12. The van der Waals surface area contributed by atoms with E-state index in [1.807, 2.05) is 37.3 Å². The van der Waals surface area contributed by atoms with Gasteiger partial charge in [-0.25, -0.2) is 0 Å². The van der Waals surface area contributed by atoms with Crippen LogP contribution in [-0.2, 0) is 13.2 Å². The molecular weight excluding hydrogens is 443 g/mol. The Morgan fingerprint density at radius 3 is 2.17 bits per heavy atom. The Kier molecular flexibility index (Phi) is 15.9. The first kappa shape index (κ1) is 28.8. The van der Waals surface area contributed by atoms with Crippen molar-refractivity contribution < 1.29 is 9.47 Å². The zero-order chi connectivity index (χ0) is 20.2. The Morgan fingerprint density at radius 2 is 1.53 bits per heavy atom. The molecule has 0 bridgehead atoms. The van der Waals surface area contributed by atoms with Gasteiger partial charge in [-0.15, -0.1) is 24.8 Å². The number of benzene rings is 2. The lowest BCUT2D eigenvalue weighted by Crippen LogP contribution is -2.27. The number of hydrogen-bond donors (Lipinski definition) is 1. The summed E-state index contributed by atoms with van der Waals surface area (Å²) in [5.74, 6) is 1.56. The van der Waals surface area contributed by atoms with E-state index in [2.05, 4.69) is 36.2 Å². The molecule has 0 saturated carbocycles. The van der Waals surface area contributed by atoms with Gasteiger partial charge in [-0.2, -0.15) is 0 Å². The van der Waals surface area contributed by atoms with Crippen molar-refractivity contribution in [3.63, 3.8) is 0 Å². The molecule has 170 valence electrons. The standard InChI is InChI=1S/C23H33ClN2O2.2ClH/c1-4-26(5-2)15-7-14-25-17-20-10-13-22(23(16-20)27-6-3)28-18-19-8-11-21(24)12-9-19;;/h8-13,16,25H,4-7,14-15,17-18H2,1-3H3;2*1H. The van der Waals surface area contributed by atoms with Gasteiger partial charge in [0.05, 0.1) is 6.61 Å². The number of halogens is 3. The van der Waals surface area contributed by atoms with Crippen molar-refractivity contribution in [2.45, 2.75) is 40.3 Å². The summed E-state index contributed by atoms with van der Waals surface area (Å²) in [4.78, 5) is 2.45. The number of rotatable bonds is 13. The molecule has 4 nitrogen and oxygen atoms in total. The monoisotopic (exact) mass is 476 g/mol. The van der Waals surface area contributed by atoms with Crippen LogP contribution in [0.1, 0.15) is 38.3 Å². The average molecular weight is 478 g/mol. The minimum atomic E-state index is 0. The minimum absolute atomic E-state index is 0. The quantitative estimate of drug-likeness (QED) is 0.360. The molecule has 0 unspecified atom stereocenters. The number of nitrogens with zero attached hydrogens (tertiary/aromatic N) is 1. The minimum Gasteiger partial charge on any atom is -0.490 e. The third-order valence-electron chi connectivity index (χ3n) is 4.67. The molecule has 0 aliphatic heterocycles. The molecule has 0 atom stereocenters. The highest BCUT2D eigenvalue weighted by Crippen LogP contribution is 2.29. The Hall–Kier alpha value is -1.17. The van der Waals surface area contributed by atoms with E-state index in [9.17, 15) is 0 Å². The molecule has 0 radical (unpaired) electrons. The number of ether oxygens (including phenoxy) is 2. The third-order valence-corrected chi connectivity index (χ3v) is 4.92. The molecule has 0 fully saturated rings. The number of nitrogens with one attached hydrogen (secondary N) is 1. The van der Waals surface area contributed by atoms with E-state index in [1.54, 1.807) is 0 Å². The maximum atomic E-state index is 5.97. The van der Waals surface area contributed by atoms with Gasteiger partial charge < -0.3 is 19.7 Å². The zero-order valence-electron chi connectivity index (χ0n) is 18.2. The normalized spacial score (nSPS) is 10.3. The first-order chi connectivity index (χ1) is 13.7. The molecule has 0 heterocycles. The van der Waals surface area contributed by atoms with Gasteiger partial charge in [-0.1, -0.05) is 43.6 Å². The van der Waals surface area contributed by atoms with Crippen molar-refractivity contribution in [2.24, 2.45) is 0 Å². The fourth-order valence-corrected chi connectivity index (χ4v) is 3.12. The fraction of sp³-hybridized carbons (Fsp3) is 0.478. The predicted octanol–water partition coefficient (Wildman–Crippen LogP) is 5.98. The Balaban J connectivity index is 0.00000420. The SMILES string of the molecule is CCOc1cc(CNCCCN(CC)CC)ccc1OCc1ccc(Cl)cc1.Cl.Cl. The highest BCUT2D eigenvalue weighted by Gasteiger charge is 2.07. The van der Waals surface area contributed by atoms with Crippen LogP contribution in [0.3, 0.4) is 0 Å². The maximum Gasteiger partial charge on any atom is 0.161 e. The van der Waals surface area contributed by atoms with Crippen LogP contribution in [0.4, 0.5) is 0 Å². The van der Waals surface area contributed by atoms with Crippen molar-refractivity contribution in [3.8, 4) is 11.5 Å². The molecule has 0 aliphatic rings. The molecule has 0 spiro atoms. The smallest absolute Gasteiger partial charge is 0.161 e. The average Bonchev–Trinajstić information content (AvgIpc) is 2.71. The van der Waals surface area contributed by atoms with Crippen molar-refractivity contribution >= 4 is 36.4 Å². The van der Waals surface area contributed by atoms with Gasteiger partial charge in [0.15, 0.2) is 11.5 Å². The molecule has 1 N–H and O–H groups in total. The van der Waals surface area contributed by atoms with E-state index in [0.717, 1.165) is 61.2 Å². The molecule has 0 aromatic heterocycles. The van der Waals surface area contributed by atoms with Crippen LogP contribution < -0.4 is 14.8 Å². The summed E-state index contributed by atoms with van der Waals surface area (Å²) in [5, 5.41) is 4.25. The first-order valence-corrected chi connectivity index (χ1v) is 10.6. The summed E-state index contributed by atoms with van der Waals surface area (Å²) in [7, 11) is 0. The van der Waals surface area contributed by atoms with Crippen molar-refractivity contribution in [3.05, 3.63) is 58.6 Å². The van der Waals surface area contributed by atoms with Crippen LogP contribution in [0.5, 0.6) is 11.5 Å². The first-order valence-electron chi connectivity index (χ1n) is 10.2. The number of hydrogen-bond acceptors (Lipinski definition) is 4. The molecule has 0 amide bonds. The van der Waals surface area contributed by atoms with Crippen LogP contribution in [0.25, 0.3) is 0 Å². The maximum absolute atomic E-state index is 5.97. The van der Waals surface area contributed by atoms with Gasteiger partial charge in [0.1, 0.15) is 6.61 Å².